The molecule has 1 aliphatic heterocycles. The Kier molecular flexibility index (Phi) is 3.98. The molecule has 0 saturated heterocycles. The maximum atomic E-state index is 5.59. The number of hydrogen-bond acceptors (Lipinski definition) is 4. The van der Waals surface area contributed by atoms with Gasteiger partial charge < -0.3 is 18.9 Å². The maximum Gasteiger partial charge on any atom is 0.231 e. The minimum Gasteiger partial charge on any atom is -0.493 e. The van der Waals surface area contributed by atoms with Crippen molar-refractivity contribution in [2.24, 2.45) is 11.8 Å². The Morgan fingerprint density at radius 2 is 1.64 bits per heavy atom. The molecule has 0 N–H and O–H groups in total. The van der Waals surface area contributed by atoms with Crippen LogP contribution in [0.1, 0.15) is 36.5 Å². The Labute approximate surface area is 148 Å². The maximum absolute atomic E-state index is 5.59. The highest BCUT2D eigenvalue weighted by Gasteiger charge is 2.34. The molecule has 25 heavy (non-hydrogen) atoms. The number of rotatable bonds is 3. The van der Waals surface area contributed by atoms with Gasteiger partial charge in [-0.15, -0.1) is 0 Å². The van der Waals surface area contributed by atoms with Gasteiger partial charge in [0, 0.05) is 5.92 Å². The van der Waals surface area contributed by atoms with E-state index >= 15 is 0 Å². The second kappa shape index (κ2) is 6.17. The van der Waals surface area contributed by atoms with Gasteiger partial charge in [0.25, 0.3) is 0 Å². The predicted molar refractivity (Wildman–Crippen MR) is 96.0 cm³/mol. The van der Waals surface area contributed by atoms with E-state index in [1.54, 1.807) is 14.2 Å². The Hall–Kier alpha value is -2.36. The molecular formula is C21H24O4. The Balaban J connectivity index is 1.85. The second-order valence-corrected chi connectivity index (χ2v) is 7.04. The van der Waals surface area contributed by atoms with Crippen LogP contribution >= 0.6 is 0 Å². The Morgan fingerprint density at radius 1 is 0.920 bits per heavy atom. The number of benzene rings is 2. The molecule has 0 aromatic heterocycles. The van der Waals surface area contributed by atoms with Crippen LogP contribution in [0.5, 0.6) is 23.0 Å². The van der Waals surface area contributed by atoms with Gasteiger partial charge in [-0.25, -0.2) is 0 Å². The number of ether oxygens (including phenoxy) is 4. The first-order valence-electron chi connectivity index (χ1n) is 8.76. The predicted octanol–water partition coefficient (Wildman–Crippen LogP) is 4.39. The molecule has 4 nitrogen and oxygen atoms in total. The van der Waals surface area contributed by atoms with Gasteiger partial charge in [0.15, 0.2) is 23.0 Å². The van der Waals surface area contributed by atoms with Crippen molar-refractivity contribution < 1.29 is 18.9 Å². The second-order valence-electron chi connectivity index (χ2n) is 7.04. The zero-order chi connectivity index (χ0) is 17.6. The number of hydrogen-bond donors (Lipinski definition) is 0. The van der Waals surface area contributed by atoms with Crippen molar-refractivity contribution in [2.75, 3.05) is 21.0 Å². The smallest absolute Gasteiger partial charge is 0.231 e. The zero-order valence-electron chi connectivity index (χ0n) is 15.2. The van der Waals surface area contributed by atoms with Gasteiger partial charge in [-0.05, 0) is 59.2 Å². The molecule has 0 amide bonds. The molecular weight excluding hydrogens is 316 g/mol. The molecule has 2 aromatic carbocycles. The van der Waals surface area contributed by atoms with Crippen molar-refractivity contribution in [3.05, 3.63) is 47.0 Å². The number of fused-ring (bicyclic) bond motifs is 2. The van der Waals surface area contributed by atoms with E-state index in [9.17, 15) is 0 Å². The van der Waals surface area contributed by atoms with Gasteiger partial charge in [-0.2, -0.15) is 0 Å². The van der Waals surface area contributed by atoms with Crippen LogP contribution in [0, 0.1) is 11.8 Å². The standard InChI is InChI=1S/C21H24O4/c1-12-7-15-9-18(22-3)19(23-4)10-16(15)21(13(12)2)14-5-6-17-20(8-14)25-11-24-17/h5-6,8-10,12-13,21H,7,11H2,1-4H3/t12-,13-,21-/m1/s1. The lowest BCUT2D eigenvalue weighted by Crippen LogP contribution is -2.27. The monoisotopic (exact) mass is 340 g/mol. The minimum atomic E-state index is 0.299. The third-order valence-corrected chi connectivity index (χ3v) is 5.70. The fourth-order valence-corrected chi connectivity index (χ4v) is 4.14. The molecule has 0 saturated carbocycles. The van der Waals surface area contributed by atoms with Gasteiger partial charge in [0.05, 0.1) is 14.2 Å². The SMILES string of the molecule is COc1cc2c(cc1OC)[C@@H](c1ccc3c(c1)OCO3)[C@H](C)[C@H](C)C2. The van der Waals surface area contributed by atoms with Crippen LogP contribution in [-0.4, -0.2) is 21.0 Å². The van der Waals surface area contributed by atoms with Crippen LogP contribution in [0.4, 0.5) is 0 Å². The van der Waals surface area contributed by atoms with Crippen LogP contribution in [-0.2, 0) is 6.42 Å². The molecule has 0 spiro atoms. The molecule has 0 fully saturated rings. The van der Waals surface area contributed by atoms with Crippen LogP contribution < -0.4 is 18.9 Å². The van der Waals surface area contributed by atoms with Crippen LogP contribution in [0.2, 0.25) is 0 Å². The third-order valence-electron chi connectivity index (χ3n) is 5.70. The molecule has 4 heteroatoms. The average Bonchev–Trinajstić information content (AvgIpc) is 3.09. The van der Waals surface area contributed by atoms with Gasteiger partial charge in [-0.1, -0.05) is 19.9 Å². The van der Waals surface area contributed by atoms with Crippen LogP contribution in [0.25, 0.3) is 0 Å². The van der Waals surface area contributed by atoms with E-state index in [0.717, 1.165) is 29.4 Å². The molecule has 0 radical (unpaired) electrons. The first-order chi connectivity index (χ1) is 12.1. The molecule has 132 valence electrons. The van der Waals surface area contributed by atoms with Crippen molar-refractivity contribution in [2.45, 2.75) is 26.2 Å². The Morgan fingerprint density at radius 3 is 2.40 bits per heavy atom. The van der Waals surface area contributed by atoms with Gasteiger partial charge in [0.1, 0.15) is 0 Å². The summed E-state index contributed by atoms with van der Waals surface area (Å²) in [7, 11) is 3.38. The van der Waals surface area contributed by atoms with Crippen molar-refractivity contribution in [3.63, 3.8) is 0 Å². The molecule has 3 atom stereocenters. The fourth-order valence-electron chi connectivity index (χ4n) is 4.14. The zero-order valence-corrected chi connectivity index (χ0v) is 15.2. The minimum absolute atomic E-state index is 0.299. The van der Waals surface area contributed by atoms with Crippen molar-refractivity contribution in [1.29, 1.82) is 0 Å². The summed E-state index contributed by atoms with van der Waals surface area (Å²) in [6.07, 6.45) is 1.05. The van der Waals surface area contributed by atoms with E-state index in [4.69, 9.17) is 18.9 Å². The van der Waals surface area contributed by atoms with Crippen molar-refractivity contribution in [1.82, 2.24) is 0 Å². The molecule has 0 unspecified atom stereocenters. The molecule has 4 rings (SSSR count). The molecule has 1 heterocycles. The van der Waals surface area contributed by atoms with E-state index in [1.165, 1.54) is 16.7 Å². The van der Waals surface area contributed by atoms with Gasteiger partial charge in [0.2, 0.25) is 6.79 Å². The first kappa shape index (κ1) is 16.1. The van der Waals surface area contributed by atoms with E-state index < -0.39 is 0 Å². The lowest BCUT2D eigenvalue weighted by Gasteiger charge is -2.37. The summed E-state index contributed by atoms with van der Waals surface area (Å²) >= 11 is 0. The van der Waals surface area contributed by atoms with Crippen LogP contribution in [0.3, 0.4) is 0 Å². The third kappa shape index (κ3) is 2.60. The highest BCUT2D eigenvalue weighted by Crippen LogP contribution is 2.48. The highest BCUT2D eigenvalue weighted by atomic mass is 16.7. The topological polar surface area (TPSA) is 36.9 Å². The highest BCUT2D eigenvalue weighted by molar-refractivity contribution is 5.54. The van der Waals surface area contributed by atoms with Gasteiger partial charge in [-0.3, -0.25) is 0 Å². The average molecular weight is 340 g/mol. The van der Waals surface area contributed by atoms with Crippen molar-refractivity contribution in [3.8, 4) is 23.0 Å². The lowest BCUT2D eigenvalue weighted by molar-refractivity contribution is 0.174. The van der Waals surface area contributed by atoms with E-state index in [2.05, 4.69) is 38.1 Å². The fraction of sp³-hybridized carbons (Fsp3) is 0.429. The molecule has 0 bridgehead atoms. The quantitative estimate of drug-likeness (QED) is 0.830. The first-order valence-corrected chi connectivity index (χ1v) is 8.76. The molecule has 2 aromatic rings. The van der Waals surface area contributed by atoms with Gasteiger partial charge >= 0.3 is 0 Å². The summed E-state index contributed by atoms with van der Waals surface area (Å²) in [6, 6.07) is 10.6. The summed E-state index contributed by atoms with van der Waals surface area (Å²) < 4.78 is 22.1. The molecule has 2 aliphatic rings. The summed E-state index contributed by atoms with van der Waals surface area (Å²) in [5.41, 5.74) is 3.92. The van der Waals surface area contributed by atoms with E-state index in [0.29, 0.717) is 24.5 Å². The van der Waals surface area contributed by atoms with E-state index in [-0.39, 0.29) is 0 Å². The van der Waals surface area contributed by atoms with E-state index in [1.807, 2.05) is 6.07 Å². The largest absolute Gasteiger partial charge is 0.493 e. The Bertz CT molecular complexity index is 799. The summed E-state index contributed by atoms with van der Waals surface area (Å²) in [6.45, 7) is 4.96. The molecule has 1 aliphatic carbocycles. The number of methoxy groups -OCH3 is 2. The lowest BCUT2D eigenvalue weighted by atomic mass is 9.68. The van der Waals surface area contributed by atoms with Crippen molar-refractivity contribution >= 4 is 0 Å². The van der Waals surface area contributed by atoms with Crippen LogP contribution in [0.15, 0.2) is 30.3 Å². The summed E-state index contributed by atoms with van der Waals surface area (Å²) in [4.78, 5) is 0. The summed E-state index contributed by atoms with van der Waals surface area (Å²) in [5.74, 6) is 4.65. The normalized spacial score (nSPS) is 23.9. The summed E-state index contributed by atoms with van der Waals surface area (Å²) in [5, 5.41) is 0.